The maximum absolute atomic E-state index is 11.3. The molecule has 4 fully saturated rings. The molecule has 0 amide bonds. The molecule has 1 aromatic rings. The molecule has 1 aromatic carbocycles. The number of nitrogens with one attached hydrogen (secondary N) is 2. The average Bonchev–Trinajstić information content (AvgIpc) is 3.06. The molecule has 148 valence electrons. The van der Waals surface area contributed by atoms with Crippen LogP contribution in [0.5, 0.6) is 11.5 Å². The first kappa shape index (κ1) is 17.7. The van der Waals surface area contributed by atoms with Gasteiger partial charge in [-0.2, -0.15) is 5.10 Å². The zero-order valence-corrected chi connectivity index (χ0v) is 16.2. The second-order valence-corrected chi connectivity index (χ2v) is 8.95. The van der Waals surface area contributed by atoms with E-state index < -0.39 is 4.92 Å². The molecule has 28 heavy (non-hydrogen) atoms. The predicted octanol–water partition coefficient (Wildman–Crippen LogP) is 3.09. The van der Waals surface area contributed by atoms with Crippen LogP contribution >= 0.6 is 12.2 Å². The molecule has 0 saturated heterocycles. The first-order valence-corrected chi connectivity index (χ1v) is 10.1. The lowest BCUT2D eigenvalue weighted by Crippen LogP contribution is -2.61. The number of hydrazone groups is 1. The van der Waals surface area contributed by atoms with Crippen LogP contribution in [0.25, 0.3) is 0 Å². The second kappa shape index (κ2) is 6.58. The van der Waals surface area contributed by atoms with E-state index in [9.17, 15) is 10.1 Å². The standard InChI is InChI=1S/C19H22N4O4S/c24-23(25)15-5-17-16(26-10-27-17)4-14(15)9-20-22-18(28)21-19-6-11-1-12(7-19)3-13(2-11)8-19/h4-5,9,11-13H,1-3,6-8,10H2,(H2,21,22,28). The molecule has 4 bridgehead atoms. The molecule has 0 spiro atoms. The Labute approximate surface area is 167 Å². The van der Waals surface area contributed by atoms with Gasteiger partial charge in [0.15, 0.2) is 16.6 Å². The summed E-state index contributed by atoms with van der Waals surface area (Å²) in [5, 5.41) is 19.4. The van der Waals surface area contributed by atoms with Crippen molar-refractivity contribution in [3.8, 4) is 11.5 Å². The molecular formula is C19H22N4O4S. The van der Waals surface area contributed by atoms with Crippen molar-refractivity contribution in [2.24, 2.45) is 22.9 Å². The van der Waals surface area contributed by atoms with Crippen LogP contribution in [0.15, 0.2) is 17.2 Å². The number of hydrogen-bond acceptors (Lipinski definition) is 6. The minimum Gasteiger partial charge on any atom is -0.454 e. The first-order valence-electron chi connectivity index (χ1n) is 9.69. The number of fused-ring (bicyclic) bond motifs is 1. The molecule has 4 saturated carbocycles. The Kier molecular flexibility index (Phi) is 4.15. The van der Waals surface area contributed by atoms with Gasteiger partial charge in [-0.05, 0) is 74.6 Å². The van der Waals surface area contributed by atoms with Crippen molar-refractivity contribution in [2.75, 3.05) is 6.79 Å². The molecular weight excluding hydrogens is 380 g/mol. The highest BCUT2D eigenvalue weighted by molar-refractivity contribution is 7.80. The number of nitro benzene ring substituents is 1. The molecule has 6 rings (SSSR count). The number of hydrogen-bond donors (Lipinski definition) is 2. The van der Waals surface area contributed by atoms with Crippen molar-refractivity contribution in [3.63, 3.8) is 0 Å². The second-order valence-electron chi connectivity index (χ2n) is 8.54. The minimum absolute atomic E-state index is 0.0599. The number of nitrogens with zero attached hydrogens (tertiary/aromatic N) is 2. The molecule has 0 atom stereocenters. The monoisotopic (exact) mass is 402 g/mol. The molecule has 0 unspecified atom stereocenters. The Morgan fingerprint density at radius 2 is 1.79 bits per heavy atom. The van der Waals surface area contributed by atoms with Crippen LogP contribution in [-0.4, -0.2) is 28.6 Å². The summed E-state index contributed by atoms with van der Waals surface area (Å²) in [6.07, 6.45) is 9.04. The highest BCUT2D eigenvalue weighted by Crippen LogP contribution is 2.55. The number of thiocarbonyl (C=S) groups is 1. The normalized spacial score (nSPS) is 31.9. The van der Waals surface area contributed by atoms with Crippen molar-refractivity contribution < 1.29 is 14.4 Å². The van der Waals surface area contributed by atoms with E-state index in [1.54, 1.807) is 6.07 Å². The largest absolute Gasteiger partial charge is 0.454 e. The third-order valence-electron chi connectivity index (χ3n) is 6.51. The molecule has 1 heterocycles. The first-order chi connectivity index (χ1) is 13.5. The van der Waals surface area contributed by atoms with E-state index in [1.807, 2.05) is 0 Å². The van der Waals surface area contributed by atoms with Crippen molar-refractivity contribution in [1.82, 2.24) is 10.7 Å². The summed E-state index contributed by atoms with van der Waals surface area (Å²) in [6, 6.07) is 2.91. The Bertz CT molecular complexity index is 836. The van der Waals surface area contributed by atoms with Crippen LogP contribution < -0.4 is 20.2 Å². The van der Waals surface area contributed by atoms with E-state index in [1.165, 1.54) is 50.8 Å². The number of nitro groups is 1. The summed E-state index contributed by atoms with van der Waals surface area (Å²) in [7, 11) is 0. The Morgan fingerprint density at radius 3 is 2.39 bits per heavy atom. The van der Waals surface area contributed by atoms with E-state index >= 15 is 0 Å². The van der Waals surface area contributed by atoms with E-state index in [-0.39, 0.29) is 18.0 Å². The van der Waals surface area contributed by atoms with Gasteiger partial charge < -0.3 is 14.8 Å². The lowest BCUT2D eigenvalue weighted by molar-refractivity contribution is -0.385. The van der Waals surface area contributed by atoms with E-state index in [2.05, 4.69) is 15.8 Å². The van der Waals surface area contributed by atoms with E-state index in [0.29, 0.717) is 22.2 Å². The summed E-state index contributed by atoms with van der Waals surface area (Å²) in [6.45, 7) is 0.0599. The fraction of sp³-hybridized carbons (Fsp3) is 0.579. The van der Waals surface area contributed by atoms with Gasteiger partial charge in [0.1, 0.15) is 0 Å². The van der Waals surface area contributed by atoms with Crippen LogP contribution in [0.4, 0.5) is 5.69 Å². The summed E-state index contributed by atoms with van der Waals surface area (Å²) in [5.41, 5.74) is 3.18. The fourth-order valence-electron chi connectivity index (χ4n) is 5.90. The smallest absolute Gasteiger partial charge is 0.282 e. The van der Waals surface area contributed by atoms with Crippen LogP contribution in [-0.2, 0) is 0 Å². The molecule has 0 radical (unpaired) electrons. The van der Waals surface area contributed by atoms with Crippen LogP contribution in [0.1, 0.15) is 44.1 Å². The van der Waals surface area contributed by atoms with Crippen LogP contribution in [0.3, 0.4) is 0 Å². The van der Waals surface area contributed by atoms with Gasteiger partial charge in [0.2, 0.25) is 6.79 Å². The van der Waals surface area contributed by atoms with Crippen LogP contribution in [0.2, 0.25) is 0 Å². The SMILES string of the molecule is O=[N+]([O-])c1cc2c(cc1C=NNC(=S)NC13CC4CC(CC(C4)C1)C3)OCO2. The lowest BCUT2D eigenvalue weighted by Gasteiger charge is -2.57. The third-order valence-corrected chi connectivity index (χ3v) is 6.70. The minimum atomic E-state index is -0.463. The summed E-state index contributed by atoms with van der Waals surface area (Å²) < 4.78 is 10.5. The quantitative estimate of drug-likeness (QED) is 0.346. The van der Waals surface area contributed by atoms with Gasteiger partial charge in [0, 0.05) is 5.54 Å². The number of ether oxygens (including phenoxy) is 2. The Hall–Kier alpha value is -2.42. The van der Waals surface area contributed by atoms with Gasteiger partial charge in [0.25, 0.3) is 5.69 Å². The summed E-state index contributed by atoms with van der Waals surface area (Å²) in [4.78, 5) is 10.9. The van der Waals surface area contributed by atoms with Gasteiger partial charge in [-0.15, -0.1) is 0 Å². The van der Waals surface area contributed by atoms with E-state index in [4.69, 9.17) is 21.7 Å². The average molecular weight is 402 g/mol. The van der Waals surface area contributed by atoms with Crippen molar-refractivity contribution >= 4 is 29.2 Å². The van der Waals surface area contributed by atoms with Crippen molar-refractivity contribution in [1.29, 1.82) is 0 Å². The molecule has 2 N–H and O–H groups in total. The Morgan fingerprint density at radius 1 is 1.18 bits per heavy atom. The van der Waals surface area contributed by atoms with Gasteiger partial charge in [-0.3, -0.25) is 15.5 Å². The molecule has 8 nitrogen and oxygen atoms in total. The zero-order valence-electron chi connectivity index (χ0n) is 15.3. The van der Waals surface area contributed by atoms with Crippen LogP contribution in [0, 0.1) is 27.9 Å². The molecule has 5 aliphatic rings. The summed E-state index contributed by atoms with van der Waals surface area (Å²) in [5.74, 6) is 3.31. The molecule has 4 aliphatic carbocycles. The zero-order chi connectivity index (χ0) is 19.3. The van der Waals surface area contributed by atoms with Gasteiger partial charge in [-0.1, -0.05) is 0 Å². The van der Waals surface area contributed by atoms with Gasteiger partial charge in [-0.25, -0.2) is 0 Å². The lowest BCUT2D eigenvalue weighted by atomic mass is 9.53. The summed E-state index contributed by atoms with van der Waals surface area (Å²) >= 11 is 5.45. The molecule has 1 aliphatic heterocycles. The third kappa shape index (κ3) is 3.17. The maximum Gasteiger partial charge on any atom is 0.282 e. The maximum atomic E-state index is 11.3. The van der Waals surface area contributed by atoms with Gasteiger partial charge in [0.05, 0.1) is 22.8 Å². The molecule has 9 heteroatoms. The molecule has 0 aromatic heterocycles. The predicted molar refractivity (Wildman–Crippen MR) is 107 cm³/mol. The van der Waals surface area contributed by atoms with Gasteiger partial charge >= 0.3 is 0 Å². The highest BCUT2D eigenvalue weighted by Gasteiger charge is 2.51. The topological polar surface area (TPSA) is 98.0 Å². The number of benzene rings is 1. The number of rotatable bonds is 4. The van der Waals surface area contributed by atoms with Crippen molar-refractivity contribution in [2.45, 2.75) is 44.1 Å². The Balaban J connectivity index is 1.26. The fourth-order valence-corrected chi connectivity index (χ4v) is 6.17. The highest BCUT2D eigenvalue weighted by atomic mass is 32.1. The van der Waals surface area contributed by atoms with E-state index in [0.717, 1.165) is 17.8 Å². The van der Waals surface area contributed by atoms with Crippen molar-refractivity contribution in [3.05, 3.63) is 27.8 Å².